The number of carbonyl (C=O) groups is 1. The molecule has 4 nitrogen and oxygen atoms in total. The van der Waals surface area contributed by atoms with Crippen LogP contribution in [0.15, 0.2) is 45.3 Å². The van der Waals surface area contributed by atoms with Crippen LogP contribution in [0.5, 0.6) is 0 Å². The summed E-state index contributed by atoms with van der Waals surface area (Å²) in [6.07, 6.45) is 0.994. The Morgan fingerprint density at radius 2 is 1.52 bits per heavy atom. The Balaban J connectivity index is 0.000000257. The second-order valence-corrected chi connectivity index (χ2v) is 7.01. The van der Waals surface area contributed by atoms with E-state index in [1.54, 1.807) is 18.2 Å². The van der Waals surface area contributed by atoms with Gasteiger partial charge in [-0.1, -0.05) is 63.0 Å². The maximum atomic E-state index is 10.6. The molecule has 25 heavy (non-hydrogen) atoms. The fourth-order valence-electron chi connectivity index (χ4n) is 1.97. The molecule has 0 saturated heterocycles. The number of ether oxygens (including phenoxy) is 1. The normalized spacial score (nSPS) is 10.0. The van der Waals surface area contributed by atoms with E-state index in [0.29, 0.717) is 6.61 Å². The molecule has 2 rings (SSSR count). The fraction of sp³-hybridized carbons (Fsp3) is 0.316. The van der Waals surface area contributed by atoms with Crippen LogP contribution in [0.4, 0.5) is 0 Å². The number of hydrogen-bond acceptors (Lipinski definition) is 4. The number of carbonyl (C=O) groups excluding carboxylic acids is 1. The van der Waals surface area contributed by atoms with Crippen molar-refractivity contribution >= 4 is 37.8 Å². The molecule has 136 valence electrons. The summed E-state index contributed by atoms with van der Waals surface area (Å²) in [6, 6.07) is 11.4. The van der Waals surface area contributed by atoms with Gasteiger partial charge in [0.15, 0.2) is 0 Å². The van der Waals surface area contributed by atoms with E-state index in [2.05, 4.69) is 38.8 Å². The zero-order valence-electron chi connectivity index (χ0n) is 14.3. The van der Waals surface area contributed by atoms with Crippen LogP contribution in [-0.4, -0.2) is 16.2 Å². The first-order valence-electron chi connectivity index (χ1n) is 7.80. The number of halogens is 2. The molecule has 0 atom stereocenters. The molecule has 2 aromatic carbocycles. The van der Waals surface area contributed by atoms with E-state index in [0.717, 1.165) is 32.1 Å². The average molecular weight is 474 g/mol. The Hall–Kier alpha value is -1.21. The van der Waals surface area contributed by atoms with E-state index in [9.17, 15) is 4.79 Å². The lowest BCUT2D eigenvalue weighted by Crippen LogP contribution is -1.99. The minimum absolute atomic E-state index is 0.0201. The standard InChI is InChI=1S/C11H13BrO2.C8H9BrO2/c1-3-10-5-4-9(6-11(10)12)7-14-8(2)13;9-8-3-6(4-10)1-2-7(8)5-11/h4-6H,3,7H2,1-2H3;1-3,10-11H,4-5H2. The second kappa shape index (κ2) is 11.4. The molecule has 0 aliphatic carbocycles. The summed E-state index contributed by atoms with van der Waals surface area (Å²) < 4.78 is 6.81. The van der Waals surface area contributed by atoms with Gasteiger partial charge >= 0.3 is 5.97 Å². The summed E-state index contributed by atoms with van der Waals surface area (Å²) >= 11 is 6.75. The molecule has 0 saturated carbocycles. The van der Waals surface area contributed by atoms with Gasteiger partial charge < -0.3 is 14.9 Å². The highest BCUT2D eigenvalue weighted by Crippen LogP contribution is 2.20. The van der Waals surface area contributed by atoms with Crippen LogP contribution in [0.2, 0.25) is 0 Å². The summed E-state index contributed by atoms with van der Waals surface area (Å²) in [4.78, 5) is 10.6. The van der Waals surface area contributed by atoms with Crippen LogP contribution in [0.25, 0.3) is 0 Å². The molecule has 0 fully saturated rings. The molecule has 0 heterocycles. The number of benzene rings is 2. The van der Waals surface area contributed by atoms with E-state index in [4.69, 9.17) is 14.9 Å². The number of aryl methyl sites for hydroxylation is 1. The zero-order valence-corrected chi connectivity index (χ0v) is 17.4. The number of aliphatic hydroxyl groups excluding tert-OH is 2. The lowest BCUT2D eigenvalue weighted by molar-refractivity contribution is -0.142. The lowest BCUT2D eigenvalue weighted by atomic mass is 10.1. The molecular weight excluding hydrogens is 452 g/mol. The Bertz CT molecular complexity index is 702. The number of aliphatic hydroxyl groups is 2. The minimum Gasteiger partial charge on any atom is -0.461 e. The molecular formula is C19H22Br2O4. The van der Waals surface area contributed by atoms with Crippen LogP contribution in [0, 0.1) is 0 Å². The van der Waals surface area contributed by atoms with Gasteiger partial charge in [-0.15, -0.1) is 0 Å². The molecule has 2 N–H and O–H groups in total. The minimum atomic E-state index is -0.249. The van der Waals surface area contributed by atoms with Crippen molar-refractivity contribution in [3.63, 3.8) is 0 Å². The Morgan fingerprint density at radius 3 is 2.00 bits per heavy atom. The van der Waals surface area contributed by atoms with Crippen LogP contribution in [0.3, 0.4) is 0 Å². The Morgan fingerprint density at radius 1 is 0.960 bits per heavy atom. The molecule has 0 amide bonds. The van der Waals surface area contributed by atoms with Crippen LogP contribution < -0.4 is 0 Å². The summed E-state index contributed by atoms with van der Waals surface area (Å²) in [5.74, 6) is -0.249. The molecule has 0 spiro atoms. The monoisotopic (exact) mass is 472 g/mol. The quantitative estimate of drug-likeness (QED) is 0.627. The first-order chi connectivity index (χ1) is 11.9. The Labute approximate surface area is 165 Å². The molecule has 0 aromatic heterocycles. The summed E-state index contributed by atoms with van der Waals surface area (Å²) in [5, 5.41) is 17.5. The van der Waals surface area contributed by atoms with Crippen LogP contribution in [-0.2, 0) is 35.8 Å². The number of hydrogen-bond donors (Lipinski definition) is 2. The zero-order chi connectivity index (χ0) is 18.8. The lowest BCUT2D eigenvalue weighted by Gasteiger charge is -2.05. The van der Waals surface area contributed by atoms with Crippen LogP contribution >= 0.6 is 31.9 Å². The number of rotatable bonds is 5. The average Bonchev–Trinajstić information content (AvgIpc) is 2.60. The molecule has 0 unspecified atom stereocenters. The van der Waals surface area contributed by atoms with E-state index >= 15 is 0 Å². The third-order valence-corrected chi connectivity index (χ3v) is 4.89. The van der Waals surface area contributed by atoms with Crippen molar-refractivity contribution in [3.8, 4) is 0 Å². The van der Waals surface area contributed by atoms with E-state index in [1.807, 2.05) is 18.2 Å². The van der Waals surface area contributed by atoms with Gasteiger partial charge in [0.2, 0.25) is 0 Å². The summed E-state index contributed by atoms with van der Waals surface area (Å²) in [7, 11) is 0. The van der Waals surface area contributed by atoms with Crippen molar-refractivity contribution in [2.24, 2.45) is 0 Å². The van der Waals surface area contributed by atoms with Gasteiger partial charge in [-0.2, -0.15) is 0 Å². The fourth-order valence-corrected chi connectivity index (χ4v) is 3.23. The molecule has 2 aromatic rings. The highest BCUT2D eigenvalue weighted by molar-refractivity contribution is 9.10. The van der Waals surface area contributed by atoms with Crippen molar-refractivity contribution in [2.45, 2.75) is 40.1 Å². The highest BCUT2D eigenvalue weighted by atomic mass is 79.9. The maximum Gasteiger partial charge on any atom is 0.302 e. The van der Waals surface area contributed by atoms with Crippen molar-refractivity contribution in [1.29, 1.82) is 0 Å². The predicted octanol–water partition coefficient (Wildman–Crippen LogP) is 4.51. The molecule has 0 bridgehead atoms. The maximum absolute atomic E-state index is 10.6. The summed E-state index contributed by atoms with van der Waals surface area (Å²) in [5.41, 5.74) is 3.94. The first-order valence-corrected chi connectivity index (χ1v) is 9.39. The third-order valence-electron chi connectivity index (χ3n) is 3.41. The highest BCUT2D eigenvalue weighted by Gasteiger charge is 2.01. The van der Waals surface area contributed by atoms with Gasteiger partial charge in [0.05, 0.1) is 13.2 Å². The third kappa shape index (κ3) is 7.69. The Kier molecular flexibility index (Phi) is 9.97. The molecule has 0 aliphatic rings. The predicted molar refractivity (Wildman–Crippen MR) is 105 cm³/mol. The van der Waals surface area contributed by atoms with E-state index in [-0.39, 0.29) is 19.2 Å². The SMILES string of the molecule is CCc1ccc(COC(C)=O)cc1Br.OCc1ccc(CO)c(Br)c1. The first kappa shape index (κ1) is 21.8. The van der Waals surface area contributed by atoms with Crippen molar-refractivity contribution in [2.75, 3.05) is 0 Å². The van der Waals surface area contributed by atoms with Crippen molar-refractivity contribution in [1.82, 2.24) is 0 Å². The van der Waals surface area contributed by atoms with Gasteiger partial charge in [0, 0.05) is 15.9 Å². The second-order valence-electron chi connectivity index (χ2n) is 5.30. The van der Waals surface area contributed by atoms with Gasteiger partial charge in [-0.3, -0.25) is 4.79 Å². The summed E-state index contributed by atoms with van der Waals surface area (Å²) in [6.45, 7) is 3.91. The number of esters is 1. The van der Waals surface area contributed by atoms with E-state index in [1.165, 1.54) is 12.5 Å². The van der Waals surface area contributed by atoms with Crippen LogP contribution in [0.1, 0.15) is 36.1 Å². The molecule has 0 radical (unpaired) electrons. The van der Waals surface area contributed by atoms with Crippen molar-refractivity contribution < 1.29 is 19.7 Å². The van der Waals surface area contributed by atoms with Crippen molar-refractivity contribution in [3.05, 3.63) is 67.6 Å². The van der Waals surface area contributed by atoms with Gasteiger partial charge in [-0.25, -0.2) is 0 Å². The van der Waals surface area contributed by atoms with Gasteiger partial charge in [-0.05, 0) is 40.8 Å². The smallest absolute Gasteiger partial charge is 0.302 e. The van der Waals surface area contributed by atoms with Gasteiger partial charge in [0.25, 0.3) is 0 Å². The molecule has 0 aliphatic heterocycles. The van der Waals surface area contributed by atoms with E-state index < -0.39 is 0 Å². The largest absolute Gasteiger partial charge is 0.461 e. The van der Waals surface area contributed by atoms with Gasteiger partial charge in [0.1, 0.15) is 6.61 Å². The molecule has 6 heteroatoms. The topological polar surface area (TPSA) is 66.8 Å².